The molecule has 32 heavy (non-hydrogen) atoms. The standard InChI is InChI=1S/C28H30N2OS/c1-18-3-7-22(8-4-18)25(31)30-26-29-24(16-32-26)28-14-20-11-21(15-28)13-27(12-20,17-28)23-9-5-19(2)6-10-23/h3-10,16,20-21H,11-15,17H2,1-2H3,(H,29,30,31)/t20-,21-,27?,28?/m0/s1. The number of rotatable bonds is 4. The number of benzene rings is 2. The molecule has 3 aromatic rings. The van der Waals surface area contributed by atoms with Gasteiger partial charge in [0, 0.05) is 16.4 Å². The van der Waals surface area contributed by atoms with E-state index in [4.69, 9.17) is 4.98 Å². The van der Waals surface area contributed by atoms with Gasteiger partial charge in [0.2, 0.25) is 0 Å². The molecule has 1 aromatic heterocycles. The third kappa shape index (κ3) is 3.31. The Balaban J connectivity index is 1.28. The number of amides is 1. The predicted molar refractivity (Wildman–Crippen MR) is 130 cm³/mol. The first-order chi connectivity index (χ1) is 15.4. The van der Waals surface area contributed by atoms with Gasteiger partial charge in [-0.3, -0.25) is 10.1 Å². The van der Waals surface area contributed by atoms with Gasteiger partial charge in [0.25, 0.3) is 5.91 Å². The number of hydrogen-bond donors (Lipinski definition) is 1. The molecule has 0 spiro atoms. The first-order valence-electron chi connectivity index (χ1n) is 11.8. The first-order valence-corrected chi connectivity index (χ1v) is 12.7. The minimum absolute atomic E-state index is 0.0764. The van der Waals surface area contributed by atoms with Crippen LogP contribution >= 0.6 is 11.3 Å². The van der Waals surface area contributed by atoms with Gasteiger partial charge < -0.3 is 0 Å². The van der Waals surface area contributed by atoms with Gasteiger partial charge >= 0.3 is 0 Å². The molecule has 4 fully saturated rings. The van der Waals surface area contributed by atoms with Crippen molar-refractivity contribution >= 4 is 22.4 Å². The summed E-state index contributed by atoms with van der Waals surface area (Å²) in [5.74, 6) is 1.52. The Morgan fingerprint density at radius 3 is 2.16 bits per heavy atom. The molecular formula is C28H30N2OS. The summed E-state index contributed by atoms with van der Waals surface area (Å²) in [6.07, 6.45) is 7.75. The van der Waals surface area contributed by atoms with Crippen molar-refractivity contribution < 1.29 is 4.79 Å². The van der Waals surface area contributed by atoms with Crippen LogP contribution in [-0.2, 0) is 10.8 Å². The number of hydrogen-bond acceptors (Lipinski definition) is 3. The summed E-state index contributed by atoms with van der Waals surface area (Å²) >= 11 is 1.58. The van der Waals surface area contributed by atoms with E-state index in [-0.39, 0.29) is 11.3 Å². The van der Waals surface area contributed by atoms with Crippen molar-refractivity contribution in [3.63, 3.8) is 0 Å². The van der Waals surface area contributed by atoms with Gasteiger partial charge in [0.15, 0.2) is 5.13 Å². The van der Waals surface area contributed by atoms with Crippen molar-refractivity contribution in [2.75, 3.05) is 5.32 Å². The lowest BCUT2D eigenvalue weighted by Crippen LogP contribution is -2.56. The highest BCUT2D eigenvalue weighted by Crippen LogP contribution is 2.66. The molecule has 4 aliphatic rings. The number of nitrogens with zero attached hydrogens (tertiary/aromatic N) is 1. The molecule has 0 radical (unpaired) electrons. The summed E-state index contributed by atoms with van der Waals surface area (Å²) in [5.41, 5.74) is 6.38. The molecule has 3 nitrogen and oxygen atoms in total. The fourth-order valence-corrected chi connectivity index (χ4v) is 8.08. The fourth-order valence-electron chi connectivity index (χ4n) is 7.26. The lowest BCUT2D eigenvalue weighted by molar-refractivity contribution is -0.0296. The van der Waals surface area contributed by atoms with Gasteiger partial charge in [-0.25, -0.2) is 4.98 Å². The number of nitrogens with one attached hydrogen (secondary N) is 1. The smallest absolute Gasteiger partial charge is 0.257 e. The van der Waals surface area contributed by atoms with Crippen LogP contribution in [0.25, 0.3) is 0 Å². The second kappa shape index (κ2) is 7.28. The van der Waals surface area contributed by atoms with Crippen LogP contribution in [0.5, 0.6) is 0 Å². The van der Waals surface area contributed by atoms with Gasteiger partial charge in [-0.05, 0) is 87.3 Å². The minimum atomic E-state index is -0.0764. The summed E-state index contributed by atoms with van der Waals surface area (Å²) in [5, 5.41) is 6.00. The monoisotopic (exact) mass is 442 g/mol. The van der Waals surface area contributed by atoms with Crippen molar-refractivity contribution in [2.45, 2.75) is 63.2 Å². The van der Waals surface area contributed by atoms with E-state index in [1.807, 2.05) is 31.2 Å². The van der Waals surface area contributed by atoms with E-state index in [1.54, 1.807) is 11.3 Å². The van der Waals surface area contributed by atoms with Crippen LogP contribution in [-0.4, -0.2) is 10.9 Å². The summed E-state index contributed by atoms with van der Waals surface area (Å²) in [4.78, 5) is 17.7. The summed E-state index contributed by atoms with van der Waals surface area (Å²) in [6.45, 7) is 4.20. The quantitative estimate of drug-likeness (QED) is 0.483. The van der Waals surface area contributed by atoms with Crippen LogP contribution in [0, 0.1) is 25.7 Å². The van der Waals surface area contributed by atoms with E-state index in [0.717, 1.165) is 22.5 Å². The van der Waals surface area contributed by atoms with Crippen LogP contribution in [0.2, 0.25) is 0 Å². The SMILES string of the molecule is Cc1ccc(C(=O)Nc2nc(C34C[C@H]5C[C@@H](CC(c6ccc(C)cc6)(C5)C3)C4)cs2)cc1. The minimum Gasteiger partial charge on any atom is -0.298 e. The molecule has 1 amide bonds. The molecular weight excluding hydrogens is 412 g/mol. The maximum Gasteiger partial charge on any atom is 0.257 e. The van der Waals surface area contributed by atoms with E-state index in [2.05, 4.69) is 41.9 Å². The molecule has 2 atom stereocenters. The topological polar surface area (TPSA) is 42.0 Å². The van der Waals surface area contributed by atoms with Crippen LogP contribution in [0.15, 0.2) is 53.9 Å². The van der Waals surface area contributed by atoms with Crippen LogP contribution in [0.1, 0.15) is 71.3 Å². The molecule has 4 bridgehead atoms. The van der Waals surface area contributed by atoms with Gasteiger partial charge in [0.1, 0.15) is 0 Å². The van der Waals surface area contributed by atoms with Gasteiger partial charge in [-0.15, -0.1) is 11.3 Å². The van der Waals surface area contributed by atoms with Gasteiger partial charge in [0.05, 0.1) is 5.69 Å². The molecule has 1 N–H and O–H groups in total. The normalized spacial score (nSPS) is 30.4. The Hall–Kier alpha value is -2.46. The zero-order valence-corrected chi connectivity index (χ0v) is 19.7. The zero-order valence-electron chi connectivity index (χ0n) is 18.9. The molecule has 7 rings (SSSR count). The Morgan fingerprint density at radius 2 is 1.50 bits per heavy atom. The molecule has 2 aromatic carbocycles. The molecule has 4 aliphatic carbocycles. The van der Waals surface area contributed by atoms with E-state index in [9.17, 15) is 4.79 Å². The number of carbonyl (C=O) groups excluding carboxylic acids is 1. The van der Waals surface area contributed by atoms with Crippen molar-refractivity contribution in [1.29, 1.82) is 0 Å². The average Bonchev–Trinajstić information content (AvgIpc) is 3.23. The second-order valence-electron chi connectivity index (χ2n) is 10.7. The van der Waals surface area contributed by atoms with E-state index >= 15 is 0 Å². The highest BCUT2D eigenvalue weighted by molar-refractivity contribution is 7.14. The first kappa shape index (κ1) is 20.2. The Morgan fingerprint density at radius 1 is 0.906 bits per heavy atom. The number of aromatic nitrogens is 1. The third-order valence-electron chi connectivity index (χ3n) is 8.31. The summed E-state index contributed by atoms with van der Waals surface area (Å²) in [7, 11) is 0. The van der Waals surface area contributed by atoms with Crippen LogP contribution < -0.4 is 5.32 Å². The van der Waals surface area contributed by atoms with Gasteiger partial charge in [-0.1, -0.05) is 47.5 Å². The van der Waals surface area contributed by atoms with Crippen molar-refractivity contribution in [3.8, 4) is 0 Å². The van der Waals surface area contributed by atoms with E-state index in [1.165, 1.54) is 55.3 Å². The average molecular weight is 443 g/mol. The molecule has 164 valence electrons. The van der Waals surface area contributed by atoms with E-state index < -0.39 is 0 Å². The van der Waals surface area contributed by atoms with E-state index in [0.29, 0.717) is 11.0 Å². The number of thiazole rings is 1. The molecule has 1 heterocycles. The molecule has 4 heteroatoms. The molecule has 4 saturated carbocycles. The van der Waals surface area contributed by atoms with Crippen molar-refractivity contribution in [3.05, 3.63) is 81.9 Å². The highest BCUT2D eigenvalue weighted by atomic mass is 32.1. The predicted octanol–water partition coefficient (Wildman–Crippen LogP) is 6.80. The van der Waals surface area contributed by atoms with Crippen molar-refractivity contribution in [2.24, 2.45) is 11.8 Å². The lowest BCUT2D eigenvalue weighted by atomic mass is 9.42. The number of anilines is 1. The van der Waals surface area contributed by atoms with Gasteiger partial charge in [-0.2, -0.15) is 0 Å². The Labute approximate surface area is 194 Å². The lowest BCUT2D eigenvalue weighted by Gasteiger charge is -2.62. The maximum atomic E-state index is 12.7. The number of aryl methyl sites for hydroxylation is 2. The van der Waals surface area contributed by atoms with Crippen molar-refractivity contribution in [1.82, 2.24) is 4.98 Å². The number of carbonyl (C=O) groups is 1. The Kier molecular flexibility index (Phi) is 4.59. The van der Waals surface area contributed by atoms with Crippen LogP contribution in [0.4, 0.5) is 5.13 Å². The molecule has 0 unspecified atom stereocenters. The van der Waals surface area contributed by atoms with Crippen LogP contribution in [0.3, 0.4) is 0 Å². The second-order valence-corrected chi connectivity index (χ2v) is 11.6. The largest absolute Gasteiger partial charge is 0.298 e. The summed E-state index contributed by atoms with van der Waals surface area (Å²) in [6, 6.07) is 17.0. The molecule has 0 aliphatic heterocycles. The maximum absolute atomic E-state index is 12.7. The highest BCUT2D eigenvalue weighted by Gasteiger charge is 2.59. The fraction of sp³-hybridized carbons (Fsp3) is 0.429. The Bertz CT molecular complexity index is 1150. The zero-order chi connectivity index (χ0) is 21.9. The summed E-state index contributed by atoms with van der Waals surface area (Å²) < 4.78 is 0. The third-order valence-corrected chi connectivity index (χ3v) is 9.06. The molecule has 0 saturated heterocycles.